The number of piperidine rings is 1. The van der Waals surface area contributed by atoms with Crippen LogP contribution in [-0.4, -0.2) is 47.6 Å². The van der Waals surface area contributed by atoms with Gasteiger partial charge >= 0.3 is 5.97 Å². The Bertz CT molecular complexity index is 288. The lowest BCUT2D eigenvalue weighted by atomic mass is 10.0. The van der Waals surface area contributed by atoms with E-state index in [1.54, 1.807) is 6.92 Å². The number of carbonyl (C=O) groups is 2. The van der Waals surface area contributed by atoms with Crippen molar-refractivity contribution in [3.05, 3.63) is 0 Å². The van der Waals surface area contributed by atoms with Crippen LogP contribution >= 0.6 is 0 Å². The van der Waals surface area contributed by atoms with Gasteiger partial charge in [-0.2, -0.15) is 0 Å². The summed E-state index contributed by atoms with van der Waals surface area (Å²) in [7, 11) is 0. The molecule has 0 aromatic rings. The number of nitrogens with one attached hydrogen (secondary N) is 1. The summed E-state index contributed by atoms with van der Waals surface area (Å²) < 4.78 is 0. The number of hydrogen-bond acceptors (Lipinski definition) is 3. The molecule has 0 aromatic heterocycles. The van der Waals surface area contributed by atoms with Gasteiger partial charge in [0.05, 0.1) is 5.92 Å². The number of likely N-dealkylation sites (tertiary alicyclic amines) is 1. The predicted octanol–water partition coefficient (Wildman–Crippen LogP) is 1.09. The van der Waals surface area contributed by atoms with Gasteiger partial charge < -0.3 is 15.3 Å². The normalized spacial score (nSPS) is 19.3. The lowest BCUT2D eigenvalue weighted by molar-refractivity contribution is -0.141. The zero-order valence-electron chi connectivity index (χ0n) is 11.3. The van der Waals surface area contributed by atoms with Crippen molar-refractivity contribution in [1.29, 1.82) is 0 Å². The summed E-state index contributed by atoms with van der Waals surface area (Å²) in [4.78, 5) is 24.5. The average Bonchev–Trinajstić information content (AvgIpc) is 2.38. The van der Waals surface area contributed by atoms with Gasteiger partial charge in [0.1, 0.15) is 0 Å². The molecule has 0 spiro atoms. The Balaban J connectivity index is 2.20. The standard InChI is InChI=1S/C13H24N2O3/c1-10(13(17)18)11(2)14-7-6-12(16)15-8-4-3-5-9-15/h10-11,14H,3-9H2,1-2H3,(H,17,18). The van der Waals surface area contributed by atoms with Gasteiger partial charge in [0, 0.05) is 32.1 Å². The van der Waals surface area contributed by atoms with Crippen molar-refractivity contribution in [3.63, 3.8) is 0 Å². The highest BCUT2D eigenvalue weighted by Crippen LogP contribution is 2.09. The first kappa shape index (κ1) is 15.0. The number of rotatable bonds is 6. The number of carboxylic acid groups (broad SMARTS) is 1. The molecule has 5 heteroatoms. The SMILES string of the molecule is CC(NCCC(=O)N1CCCCC1)C(C)C(=O)O. The largest absolute Gasteiger partial charge is 0.481 e. The second-order valence-electron chi connectivity index (χ2n) is 5.06. The minimum Gasteiger partial charge on any atom is -0.481 e. The highest BCUT2D eigenvalue weighted by atomic mass is 16.4. The van der Waals surface area contributed by atoms with E-state index in [1.807, 2.05) is 11.8 Å². The summed E-state index contributed by atoms with van der Waals surface area (Å²) in [6, 6.07) is -0.114. The fraction of sp³-hybridized carbons (Fsp3) is 0.846. The van der Waals surface area contributed by atoms with Gasteiger partial charge in [0.25, 0.3) is 0 Å². The van der Waals surface area contributed by atoms with Crippen LogP contribution in [0.25, 0.3) is 0 Å². The van der Waals surface area contributed by atoms with Crippen LogP contribution < -0.4 is 5.32 Å². The molecule has 1 saturated heterocycles. The summed E-state index contributed by atoms with van der Waals surface area (Å²) in [6.07, 6.45) is 3.88. The zero-order valence-corrected chi connectivity index (χ0v) is 11.3. The molecule has 0 aromatic carbocycles. The Morgan fingerprint density at radius 3 is 2.39 bits per heavy atom. The van der Waals surface area contributed by atoms with Crippen molar-refractivity contribution in [2.75, 3.05) is 19.6 Å². The van der Waals surface area contributed by atoms with Gasteiger partial charge in [-0.05, 0) is 26.2 Å². The smallest absolute Gasteiger partial charge is 0.307 e. The highest BCUT2D eigenvalue weighted by molar-refractivity contribution is 5.76. The summed E-state index contributed by atoms with van der Waals surface area (Å²) >= 11 is 0. The Kier molecular flexibility index (Phi) is 6.12. The molecule has 0 saturated carbocycles. The molecule has 1 heterocycles. The predicted molar refractivity (Wildman–Crippen MR) is 69.3 cm³/mol. The van der Waals surface area contributed by atoms with Gasteiger partial charge in [-0.15, -0.1) is 0 Å². The second kappa shape index (κ2) is 7.36. The molecule has 2 N–H and O–H groups in total. The van der Waals surface area contributed by atoms with E-state index in [4.69, 9.17) is 5.11 Å². The number of aliphatic carboxylic acids is 1. The molecule has 1 aliphatic heterocycles. The van der Waals surface area contributed by atoms with Crippen molar-refractivity contribution in [1.82, 2.24) is 10.2 Å². The number of carboxylic acids is 1. The Morgan fingerprint density at radius 2 is 1.83 bits per heavy atom. The third-order valence-electron chi connectivity index (χ3n) is 3.65. The quantitative estimate of drug-likeness (QED) is 0.746. The molecule has 18 heavy (non-hydrogen) atoms. The maximum absolute atomic E-state index is 11.9. The fourth-order valence-corrected chi connectivity index (χ4v) is 2.10. The van der Waals surface area contributed by atoms with Crippen LogP contribution in [0.15, 0.2) is 0 Å². The lowest BCUT2D eigenvalue weighted by Gasteiger charge is -2.27. The molecule has 0 bridgehead atoms. The first-order valence-corrected chi connectivity index (χ1v) is 6.76. The number of nitrogens with zero attached hydrogens (tertiary/aromatic N) is 1. The molecule has 1 aliphatic rings. The van der Waals surface area contributed by atoms with Crippen LogP contribution in [0.3, 0.4) is 0 Å². The number of carbonyl (C=O) groups excluding carboxylic acids is 1. The van der Waals surface area contributed by atoms with E-state index >= 15 is 0 Å². The van der Waals surface area contributed by atoms with Gasteiger partial charge in [0.2, 0.25) is 5.91 Å². The molecule has 1 rings (SSSR count). The molecule has 2 atom stereocenters. The minimum absolute atomic E-state index is 0.114. The van der Waals surface area contributed by atoms with Crippen LogP contribution in [0, 0.1) is 5.92 Å². The van der Waals surface area contributed by atoms with Crippen LogP contribution in [0.4, 0.5) is 0 Å². The fourth-order valence-electron chi connectivity index (χ4n) is 2.10. The van der Waals surface area contributed by atoms with Gasteiger partial charge in [0.15, 0.2) is 0 Å². The van der Waals surface area contributed by atoms with Crippen molar-refractivity contribution >= 4 is 11.9 Å². The minimum atomic E-state index is -0.808. The van der Waals surface area contributed by atoms with E-state index in [1.165, 1.54) is 6.42 Å². The Morgan fingerprint density at radius 1 is 1.22 bits per heavy atom. The van der Waals surface area contributed by atoms with Crippen molar-refractivity contribution < 1.29 is 14.7 Å². The summed E-state index contributed by atoms with van der Waals surface area (Å²) in [6.45, 7) is 5.81. The zero-order chi connectivity index (χ0) is 13.5. The van der Waals surface area contributed by atoms with Gasteiger partial charge in [-0.25, -0.2) is 0 Å². The topological polar surface area (TPSA) is 69.6 Å². The number of amides is 1. The monoisotopic (exact) mass is 256 g/mol. The molecule has 5 nitrogen and oxygen atoms in total. The van der Waals surface area contributed by atoms with Crippen LogP contribution in [-0.2, 0) is 9.59 Å². The highest BCUT2D eigenvalue weighted by Gasteiger charge is 2.20. The maximum atomic E-state index is 11.9. The molecule has 0 radical (unpaired) electrons. The lowest BCUT2D eigenvalue weighted by Crippen LogP contribution is -2.40. The third kappa shape index (κ3) is 4.64. The van der Waals surface area contributed by atoms with Crippen molar-refractivity contribution in [2.24, 2.45) is 5.92 Å². The summed E-state index contributed by atoms with van der Waals surface area (Å²) in [5.41, 5.74) is 0. The van der Waals surface area contributed by atoms with Gasteiger partial charge in [-0.1, -0.05) is 6.92 Å². The van der Waals surface area contributed by atoms with E-state index in [0.717, 1.165) is 25.9 Å². The molecule has 1 amide bonds. The van der Waals surface area contributed by atoms with Crippen molar-refractivity contribution in [3.8, 4) is 0 Å². The van der Waals surface area contributed by atoms with Crippen LogP contribution in [0.5, 0.6) is 0 Å². The van der Waals surface area contributed by atoms with Crippen LogP contribution in [0.2, 0.25) is 0 Å². The first-order chi connectivity index (χ1) is 8.52. The maximum Gasteiger partial charge on any atom is 0.307 e. The van der Waals surface area contributed by atoms with E-state index in [0.29, 0.717) is 13.0 Å². The van der Waals surface area contributed by atoms with Crippen LogP contribution in [0.1, 0.15) is 39.5 Å². The first-order valence-electron chi connectivity index (χ1n) is 6.76. The molecule has 0 aliphatic carbocycles. The molecule has 1 fully saturated rings. The second-order valence-corrected chi connectivity index (χ2v) is 5.06. The third-order valence-corrected chi connectivity index (χ3v) is 3.65. The summed E-state index contributed by atoms with van der Waals surface area (Å²) in [5, 5.41) is 12.0. The molecule has 104 valence electrons. The van der Waals surface area contributed by atoms with E-state index in [2.05, 4.69) is 5.32 Å². The Labute approximate surface area is 109 Å². The average molecular weight is 256 g/mol. The van der Waals surface area contributed by atoms with E-state index in [9.17, 15) is 9.59 Å². The molecular formula is C13H24N2O3. The van der Waals surface area contributed by atoms with Crippen molar-refractivity contribution in [2.45, 2.75) is 45.6 Å². The Hall–Kier alpha value is -1.10. The van der Waals surface area contributed by atoms with E-state index in [-0.39, 0.29) is 11.9 Å². The van der Waals surface area contributed by atoms with Gasteiger partial charge in [-0.3, -0.25) is 9.59 Å². The molecule has 2 unspecified atom stereocenters. The van der Waals surface area contributed by atoms with E-state index < -0.39 is 11.9 Å². The summed E-state index contributed by atoms with van der Waals surface area (Å²) in [5.74, 6) is -1.06. The number of hydrogen-bond donors (Lipinski definition) is 2. The molecular weight excluding hydrogens is 232 g/mol.